The van der Waals surface area contributed by atoms with E-state index in [9.17, 15) is 10.2 Å². The number of hydrogen-bond donors (Lipinski definition) is 2. The smallest absolute Gasteiger partial charge is 0.165 e. The van der Waals surface area contributed by atoms with Crippen LogP contribution in [0.4, 0.5) is 0 Å². The SMILES string of the molecule is Cc1cccc(C(C)(O)C#Cc2cncc([C@@](O)(c3ccc(C(C)C)cc3)C3(C)CN(C(C)C)C3)c2)n1. The van der Waals surface area contributed by atoms with Crippen molar-refractivity contribution in [1.82, 2.24) is 14.9 Å². The highest BCUT2D eigenvalue weighted by Gasteiger charge is 2.56. The standard InChI is InChI=1S/C32H39N3O2/c1-22(2)26-11-13-27(14-12-26)32(37,30(6)20-35(21-30)23(3)4)28-17-25(18-33-19-28)15-16-31(7,36)29-10-8-9-24(5)34-29/h8-14,17-19,22-23,36-37H,20-21H2,1-7H3/t31?,32-/m0/s1. The molecule has 2 atom stereocenters. The van der Waals surface area contributed by atoms with Crippen molar-refractivity contribution in [3.05, 3.63) is 94.6 Å². The molecule has 0 amide bonds. The lowest BCUT2D eigenvalue weighted by Gasteiger charge is -2.58. The minimum atomic E-state index is -1.41. The Kier molecular flexibility index (Phi) is 7.32. The molecule has 37 heavy (non-hydrogen) atoms. The van der Waals surface area contributed by atoms with Gasteiger partial charge < -0.3 is 10.2 Å². The number of benzene rings is 1. The molecule has 3 aromatic rings. The molecule has 1 unspecified atom stereocenters. The van der Waals surface area contributed by atoms with E-state index in [0.29, 0.717) is 28.8 Å². The first-order valence-corrected chi connectivity index (χ1v) is 13.1. The van der Waals surface area contributed by atoms with Crippen LogP contribution in [0.3, 0.4) is 0 Å². The van der Waals surface area contributed by atoms with Crippen molar-refractivity contribution in [2.45, 2.75) is 71.6 Å². The molecule has 5 heteroatoms. The van der Waals surface area contributed by atoms with Crippen molar-refractivity contribution in [3.8, 4) is 11.8 Å². The first-order chi connectivity index (χ1) is 17.4. The third-order valence-corrected chi connectivity index (χ3v) is 7.70. The van der Waals surface area contributed by atoms with E-state index < -0.39 is 16.6 Å². The first-order valence-electron chi connectivity index (χ1n) is 13.1. The zero-order valence-electron chi connectivity index (χ0n) is 23.1. The second-order valence-electron chi connectivity index (χ2n) is 11.5. The molecule has 194 valence electrons. The van der Waals surface area contributed by atoms with Crippen LogP contribution < -0.4 is 0 Å². The van der Waals surface area contributed by atoms with Crippen LogP contribution in [-0.4, -0.2) is 44.2 Å². The van der Waals surface area contributed by atoms with Gasteiger partial charge in [0.2, 0.25) is 0 Å². The van der Waals surface area contributed by atoms with Crippen LogP contribution in [0.25, 0.3) is 0 Å². The van der Waals surface area contributed by atoms with E-state index in [0.717, 1.165) is 24.3 Å². The van der Waals surface area contributed by atoms with Gasteiger partial charge in [-0.3, -0.25) is 14.9 Å². The van der Waals surface area contributed by atoms with E-state index in [2.05, 4.69) is 73.5 Å². The molecule has 1 aliphatic heterocycles. The Bertz CT molecular complexity index is 1310. The van der Waals surface area contributed by atoms with Gasteiger partial charge in [0.05, 0.1) is 5.69 Å². The van der Waals surface area contributed by atoms with Crippen molar-refractivity contribution < 1.29 is 10.2 Å². The summed E-state index contributed by atoms with van der Waals surface area (Å²) >= 11 is 0. The summed E-state index contributed by atoms with van der Waals surface area (Å²) in [4.78, 5) is 11.3. The molecule has 5 nitrogen and oxygen atoms in total. The molecule has 4 rings (SSSR count). The van der Waals surface area contributed by atoms with E-state index in [4.69, 9.17) is 0 Å². The van der Waals surface area contributed by atoms with Gasteiger partial charge in [-0.05, 0) is 62.9 Å². The van der Waals surface area contributed by atoms with Crippen molar-refractivity contribution in [1.29, 1.82) is 0 Å². The van der Waals surface area contributed by atoms with Crippen molar-refractivity contribution >= 4 is 0 Å². The molecule has 1 saturated heterocycles. The molecular formula is C32H39N3O2. The summed E-state index contributed by atoms with van der Waals surface area (Å²) in [5.74, 6) is 6.45. The van der Waals surface area contributed by atoms with Crippen LogP contribution in [0.2, 0.25) is 0 Å². The highest BCUT2D eigenvalue weighted by molar-refractivity contribution is 5.45. The molecule has 0 bridgehead atoms. The number of aliphatic hydroxyl groups is 2. The molecule has 0 saturated carbocycles. The molecule has 0 spiro atoms. The third kappa shape index (κ3) is 5.20. The van der Waals surface area contributed by atoms with Crippen LogP contribution in [0.1, 0.15) is 81.1 Å². The maximum Gasteiger partial charge on any atom is 0.165 e. The zero-order chi connectivity index (χ0) is 27.0. The Hall–Kier alpha value is -3.04. The minimum Gasteiger partial charge on any atom is -0.380 e. The predicted molar refractivity (Wildman–Crippen MR) is 148 cm³/mol. The molecule has 2 N–H and O–H groups in total. The first kappa shape index (κ1) is 27.0. The number of rotatable bonds is 6. The molecule has 0 radical (unpaired) electrons. The largest absolute Gasteiger partial charge is 0.380 e. The number of pyridine rings is 2. The Morgan fingerprint density at radius 2 is 1.65 bits per heavy atom. The Morgan fingerprint density at radius 1 is 0.973 bits per heavy atom. The molecule has 0 aliphatic carbocycles. The zero-order valence-corrected chi connectivity index (χ0v) is 23.1. The van der Waals surface area contributed by atoms with Crippen LogP contribution in [-0.2, 0) is 11.2 Å². The van der Waals surface area contributed by atoms with Gasteiger partial charge in [0.15, 0.2) is 5.60 Å². The fourth-order valence-electron chi connectivity index (χ4n) is 5.20. The maximum atomic E-state index is 12.5. The molecule has 1 fully saturated rings. The molecule has 1 aromatic carbocycles. The predicted octanol–water partition coefficient (Wildman–Crippen LogP) is 5.13. The van der Waals surface area contributed by atoms with E-state index >= 15 is 0 Å². The van der Waals surface area contributed by atoms with Gasteiger partial charge in [-0.25, -0.2) is 0 Å². The van der Waals surface area contributed by atoms with Gasteiger partial charge in [-0.1, -0.05) is 62.9 Å². The number of likely N-dealkylation sites (tertiary alicyclic amines) is 1. The summed E-state index contributed by atoms with van der Waals surface area (Å²) in [5, 5.41) is 23.5. The summed E-state index contributed by atoms with van der Waals surface area (Å²) in [7, 11) is 0. The fourth-order valence-corrected chi connectivity index (χ4v) is 5.20. The monoisotopic (exact) mass is 497 g/mol. The van der Waals surface area contributed by atoms with Gasteiger partial charge in [0.25, 0.3) is 0 Å². The van der Waals surface area contributed by atoms with Gasteiger partial charge in [-0.2, -0.15) is 0 Å². The highest BCUT2D eigenvalue weighted by atomic mass is 16.3. The van der Waals surface area contributed by atoms with Crippen molar-refractivity contribution in [2.24, 2.45) is 5.41 Å². The van der Waals surface area contributed by atoms with E-state index in [-0.39, 0.29) is 0 Å². The molecular weight excluding hydrogens is 458 g/mol. The highest BCUT2D eigenvalue weighted by Crippen LogP contribution is 2.51. The van der Waals surface area contributed by atoms with Crippen molar-refractivity contribution in [3.63, 3.8) is 0 Å². The molecule has 1 aliphatic rings. The van der Waals surface area contributed by atoms with Crippen molar-refractivity contribution in [2.75, 3.05) is 13.1 Å². The third-order valence-electron chi connectivity index (χ3n) is 7.70. The molecule has 2 aromatic heterocycles. The quantitative estimate of drug-likeness (QED) is 0.462. The second kappa shape index (κ2) is 10.0. The summed E-state index contributed by atoms with van der Waals surface area (Å²) < 4.78 is 0. The van der Waals surface area contributed by atoms with Gasteiger partial charge in [0.1, 0.15) is 5.60 Å². The second-order valence-corrected chi connectivity index (χ2v) is 11.5. The summed E-state index contributed by atoms with van der Waals surface area (Å²) in [6.45, 7) is 15.9. The van der Waals surface area contributed by atoms with Gasteiger partial charge in [-0.15, -0.1) is 0 Å². The normalized spacial score (nSPS) is 18.5. The summed E-state index contributed by atoms with van der Waals surface area (Å²) in [6, 6.07) is 16.1. The number of hydrogen-bond acceptors (Lipinski definition) is 5. The number of aromatic nitrogens is 2. The molecule has 3 heterocycles. The van der Waals surface area contributed by atoms with Gasteiger partial charge >= 0.3 is 0 Å². The maximum absolute atomic E-state index is 12.5. The van der Waals surface area contributed by atoms with E-state index in [1.54, 1.807) is 25.4 Å². The lowest BCUT2D eigenvalue weighted by atomic mass is 9.61. The average molecular weight is 498 g/mol. The summed E-state index contributed by atoms with van der Waals surface area (Å²) in [6.07, 6.45) is 3.41. The van der Waals surface area contributed by atoms with E-state index in [1.165, 1.54) is 5.56 Å². The lowest BCUT2D eigenvalue weighted by molar-refractivity contribution is -0.144. The average Bonchev–Trinajstić information content (AvgIpc) is 2.85. The number of nitrogens with zero attached hydrogens (tertiary/aromatic N) is 3. The van der Waals surface area contributed by atoms with Crippen LogP contribution in [0.15, 0.2) is 60.9 Å². The van der Waals surface area contributed by atoms with Crippen LogP contribution in [0.5, 0.6) is 0 Å². The fraction of sp³-hybridized carbons (Fsp3) is 0.438. The van der Waals surface area contributed by atoms with Gasteiger partial charge in [0, 0.05) is 53.8 Å². The Labute approximate surface area is 221 Å². The lowest BCUT2D eigenvalue weighted by Crippen LogP contribution is -2.66. The summed E-state index contributed by atoms with van der Waals surface area (Å²) in [5.41, 5.74) is 1.68. The topological polar surface area (TPSA) is 69.5 Å². The Morgan fingerprint density at radius 3 is 2.24 bits per heavy atom. The van der Waals surface area contributed by atoms with Crippen LogP contribution in [0, 0.1) is 24.2 Å². The van der Waals surface area contributed by atoms with E-state index in [1.807, 2.05) is 37.3 Å². The minimum absolute atomic E-state index is 0.401. The number of aryl methyl sites for hydroxylation is 1. The Balaban J connectivity index is 1.75. The van der Waals surface area contributed by atoms with Crippen LogP contribution >= 0.6 is 0 Å².